The number of likely N-dealkylation sites (tertiary alicyclic amines) is 1. The molecule has 1 aromatic rings. The Morgan fingerprint density at radius 3 is 2.93 bits per heavy atom. The van der Waals surface area contributed by atoms with Crippen molar-refractivity contribution in [3.05, 3.63) is 16.2 Å². The fourth-order valence-corrected chi connectivity index (χ4v) is 2.08. The maximum atomic E-state index is 5.58. The van der Waals surface area contributed by atoms with E-state index in [0.717, 1.165) is 29.7 Å². The number of aromatic nitrogens is 2. The molecule has 0 radical (unpaired) electrons. The first-order valence-corrected chi connectivity index (χ1v) is 5.43. The van der Waals surface area contributed by atoms with Crippen LogP contribution in [-0.2, 0) is 0 Å². The van der Waals surface area contributed by atoms with Crippen molar-refractivity contribution in [1.82, 2.24) is 15.1 Å². The first-order chi connectivity index (χ1) is 6.66. The minimum Gasteiger partial charge on any atom is -0.381 e. The molecule has 1 saturated heterocycles. The number of rotatable bonds is 1. The third-order valence-corrected chi connectivity index (χ3v) is 3.24. The van der Waals surface area contributed by atoms with Crippen LogP contribution in [0.1, 0.15) is 18.0 Å². The van der Waals surface area contributed by atoms with Gasteiger partial charge in [0.1, 0.15) is 0 Å². The third-order valence-electron chi connectivity index (χ3n) is 2.60. The number of halogens is 1. The molecular weight excluding hydrogens is 244 g/mol. The standard InChI is InChI=1S/C9H13BrN4/c1-14-3-2-6(5-14)8-4-7(10)9(11)13-12-8/h4,6H,2-3,5H2,1H3,(H2,11,13). The Morgan fingerprint density at radius 2 is 2.36 bits per heavy atom. The number of hydrogen-bond acceptors (Lipinski definition) is 4. The first kappa shape index (κ1) is 9.86. The topological polar surface area (TPSA) is 55.0 Å². The molecule has 2 rings (SSSR count). The maximum absolute atomic E-state index is 5.58. The minimum atomic E-state index is 0.458. The zero-order valence-electron chi connectivity index (χ0n) is 8.07. The van der Waals surface area contributed by atoms with E-state index < -0.39 is 0 Å². The molecule has 1 fully saturated rings. The number of nitrogens with two attached hydrogens (primary N) is 1. The van der Waals surface area contributed by atoms with Crippen molar-refractivity contribution in [3.63, 3.8) is 0 Å². The van der Waals surface area contributed by atoms with Crippen LogP contribution in [0.4, 0.5) is 5.82 Å². The molecule has 1 atom stereocenters. The third kappa shape index (κ3) is 1.88. The fourth-order valence-electron chi connectivity index (χ4n) is 1.77. The Labute approximate surface area is 91.6 Å². The van der Waals surface area contributed by atoms with Crippen molar-refractivity contribution in [2.45, 2.75) is 12.3 Å². The summed E-state index contributed by atoms with van der Waals surface area (Å²) < 4.78 is 0.844. The highest BCUT2D eigenvalue weighted by Gasteiger charge is 2.22. The van der Waals surface area contributed by atoms with E-state index in [0.29, 0.717) is 11.7 Å². The van der Waals surface area contributed by atoms with E-state index in [1.165, 1.54) is 0 Å². The normalized spacial score (nSPS) is 22.9. The molecule has 1 aromatic heterocycles. The molecule has 0 saturated carbocycles. The van der Waals surface area contributed by atoms with Crippen LogP contribution in [-0.4, -0.2) is 35.2 Å². The zero-order chi connectivity index (χ0) is 10.1. The molecule has 14 heavy (non-hydrogen) atoms. The lowest BCUT2D eigenvalue weighted by Crippen LogP contribution is -2.14. The summed E-state index contributed by atoms with van der Waals surface area (Å²) in [5.41, 5.74) is 6.62. The quantitative estimate of drug-likeness (QED) is 0.822. The molecule has 2 N–H and O–H groups in total. The minimum absolute atomic E-state index is 0.458. The molecule has 0 aliphatic carbocycles. The second kappa shape index (κ2) is 3.82. The van der Waals surface area contributed by atoms with Gasteiger partial charge in [-0.1, -0.05) is 0 Å². The highest BCUT2D eigenvalue weighted by molar-refractivity contribution is 9.10. The van der Waals surface area contributed by atoms with Crippen molar-refractivity contribution in [2.24, 2.45) is 0 Å². The molecule has 0 bridgehead atoms. The van der Waals surface area contributed by atoms with Gasteiger partial charge in [-0.3, -0.25) is 0 Å². The summed E-state index contributed by atoms with van der Waals surface area (Å²) in [7, 11) is 2.12. The average Bonchev–Trinajstić information content (AvgIpc) is 2.57. The Kier molecular flexibility index (Phi) is 2.69. The largest absolute Gasteiger partial charge is 0.381 e. The van der Waals surface area contributed by atoms with E-state index in [9.17, 15) is 0 Å². The van der Waals surface area contributed by atoms with E-state index in [1.807, 2.05) is 6.07 Å². The van der Waals surface area contributed by atoms with Crippen LogP contribution >= 0.6 is 15.9 Å². The predicted molar refractivity (Wildman–Crippen MR) is 59.0 cm³/mol. The van der Waals surface area contributed by atoms with Crippen LogP contribution in [0, 0.1) is 0 Å². The lowest BCUT2D eigenvalue weighted by atomic mass is 10.1. The van der Waals surface area contributed by atoms with Gasteiger partial charge in [0, 0.05) is 12.5 Å². The summed E-state index contributed by atoms with van der Waals surface area (Å²) in [6.45, 7) is 2.19. The molecule has 1 aliphatic rings. The van der Waals surface area contributed by atoms with Crippen LogP contribution in [0.25, 0.3) is 0 Å². The zero-order valence-corrected chi connectivity index (χ0v) is 9.66. The summed E-state index contributed by atoms with van der Waals surface area (Å²) >= 11 is 3.37. The van der Waals surface area contributed by atoms with Gasteiger partial charge in [0.05, 0.1) is 10.2 Å². The number of likely N-dealkylation sites (N-methyl/N-ethyl adjacent to an activating group) is 1. The molecule has 1 aliphatic heterocycles. The Hall–Kier alpha value is -0.680. The summed E-state index contributed by atoms with van der Waals surface area (Å²) in [5.74, 6) is 0.963. The molecule has 0 amide bonds. The molecule has 0 spiro atoms. The maximum Gasteiger partial charge on any atom is 0.160 e. The van der Waals surface area contributed by atoms with Crippen molar-refractivity contribution in [3.8, 4) is 0 Å². The van der Waals surface area contributed by atoms with Gasteiger partial charge in [-0.25, -0.2) is 0 Å². The molecule has 5 heteroatoms. The Balaban J connectivity index is 2.20. The number of hydrogen-bond donors (Lipinski definition) is 1. The summed E-state index contributed by atoms with van der Waals surface area (Å²) in [4.78, 5) is 2.30. The van der Waals surface area contributed by atoms with E-state index in [4.69, 9.17) is 5.73 Å². The number of nitrogen functional groups attached to an aromatic ring is 1. The van der Waals surface area contributed by atoms with Crippen molar-refractivity contribution in [1.29, 1.82) is 0 Å². The number of nitrogens with zero attached hydrogens (tertiary/aromatic N) is 3. The van der Waals surface area contributed by atoms with Crippen LogP contribution in [0.5, 0.6) is 0 Å². The van der Waals surface area contributed by atoms with Crippen molar-refractivity contribution < 1.29 is 0 Å². The van der Waals surface area contributed by atoms with Gasteiger partial charge in [-0.05, 0) is 42.0 Å². The molecular formula is C9H13BrN4. The summed E-state index contributed by atoms with van der Waals surface area (Å²) in [6, 6.07) is 1.98. The van der Waals surface area contributed by atoms with Gasteiger partial charge >= 0.3 is 0 Å². The number of anilines is 1. The smallest absolute Gasteiger partial charge is 0.160 e. The highest BCUT2D eigenvalue weighted by Crippen LogP contribution is 2.27. The highest BCUT2D eigenvalue weighted by atomic mass is 79.9. The second-order valence-corrected chi connectivity index (χ2v) is 4.60. The molecule has 4 nitrogen and oxygen atoms in total. The SMILES string of the molecule is CN1CCC(c2cc(Br)c(N)nn2)C1. The van der Waals surface area contributed by atoms with Crippen molar-refractivity contribution in [2.75, 3.05) is 25.9 Å². The molecule has 1 unspecified atom stereocenters. The van der Waals surface area contributed by atoms with Crippen LogP contribution in [0.2, 0.25) is 0 Å². The van der Waals surface area contributed by atoms with E-state index in [-0.39, 0.29) is 0 Å². The van der Waals surface area contributed by atoms with Crippen LogP contribution < -0.4 is 5.73 Å². The Morgan fingerprint density at radius 1 is 1.57 bits per heavy atom. The van der Waals surface area contributed by atoms with E-state index >= 15 is 0 Å². The molecule has 76 valence electrons. The van der Waals surface area contributed by atoms with Gasteiger partial charge in [0.2, 0.25) is 0 Å². The van der Waals surface area contributed by atoms with Crippen molar-refractivity contribution >= 4 is 21.7 Å². The van der Waals surface area contributed by atoms with Gasteiger partial charge in [0.25, 0.3) is 0 Å². The van der Waals surface area contributed by atoms with Gasteiger partial charge in [-0.2, -0.15) is 5.10 Å². The lowest BCUT2D eigenvalue weighted by molar-refractivity contribution is 0.410. The molecule has 2 heterocycles. The monoisotopic (exact) mass is 256 g/mol. The summed E-state index contributed by atoms with van der Waals surface area (Å²) in [6.07, 6.45) is 1.15. The summed E-state index contributed by atoms with van der Waals surface area (Å²) in [5, 5.41) is 8.03. The van der Waals surface area contributed by atoms with E-state index in [2.05, 4.69) is 38.1 Å². The van der Waals surface area contributed by atoms with Gasteiger partial charge in [-0.15, -0.1) is 5.10 Å². The Bertz CT molecular complexity index is 342. The molecule has 0 aromatic carbocycles. The van der Waals surface area contributed by atoms with Gasteiger partial charge < -0.3 is 10.6 Å². The fraction of sp³-hybridized carbons (Fsp3) is 0.556. The predicted octanol–water partition coefficient (Wildman–Crippen LogP) is 1.24. The van der Waals surface area contributed by atoms with Crippen LogP contribution in [0.3, 0.4) is 0 Å². The average molecular weight is 257 g/mol. The second-order valence-electron chi connectivity index (χ2n) is 3.75. The lowest BCUT2D eigenvalue weighted by Gasteiger charge is -2.09. The first-order valence-electron chi connectivity index (χ1n) is 4.64. The van der Waals surface area contributed by atoms with Gasteiger partial charge in [0.15, 0.2) is 5.82 Å². The van der Waals surface area contributed by atoms with E-state index in [1.54, 1.807) is 0 Å². The van der Waals surface area contributed by atoms with Crippen LogP contribution in [0.15, 0.2) is 10.5 Å².